The number of carbonyl (C=O) groups excluding carboxylic acids is 1. The Morgan fingerprint density at radius 3 is 3.00 bits per heavy atom. The Kier molecular flexibility index (Phi) is 1.14. The summed E-state index contributed by atoms with van der Waals surface area (Å²) in [6.45, 7) is 0. The lowest BCUT2D eigenvalue weighted by molar-refractivity contribution is -0.271. The highest BCUT2D eigenvalue weighted by molar-refractivity contribution is 5.88. The van der Waals surface area contributed by atoms with Gasteiger partial charge in [-0.1, -0.05) is 0 Å². The van der Waals surface area contributed by atoms with Gasteiger partial charge in [0.15, 0.2) is 0 Å². The van der Waals surface area contributed by atoms with Crippen molar-refractivity contribution in [1.82, 2.24) is 0 Å². The molecule has 0 radical (unpaired) electrons. The predicted octanol–water partition coefficient (Wildman–Crippen LogP) is 1.74. The minimum atomic E-state index is -0.443. The largest absolute Gasteiger partial charge is 0.449 e. The minimum Gasteiger partial charge on any atom is -0.449 e. The summed E-state index contributed by atoms with van der Waals surface area (Å²) in [6, 6.07) is 0. The van der Waals surface area contributed by atoms with E-state index in [1.807, 2.05) is 0 Å². The lowest BCUT2D eigenvalue weighted by Gasteiger charge is -2.68. The molecule has 0 aromatic carbocycles. The van der Waals surface area contributed by atoms with E-state index in [0.29, 0.717) is 5.41 Å². The maximum absolute atomic E-state index is 11.3. The maximum atomic E-state index is 11.3. The molecule has 1 spiro atoms. The van der Waals surface area contributed by atoms with Crippen molar-refractivity contribution in [1.29, 1.82) is 0 Å². The molecule has 0 aromatic rings. The third-order valence-electron chi connectivity index (χ3n) is 5.85. The van der Waals surface area contributed by atoms with Gasteiger partial charge in [-0.3, -0.25) is 0 Å². The number of esters is 1. The summed E-state index contributed by atoms with van der Waals surface area (Å²) in [5, 5.41) is 0. The standard InChI is InChI=1S/C13H14O2/c1-2-11(14)15-12-6-8-3-4-13(12)9(7-12)5-10(8)13/h1,8-10H,3-7H2. The first-order valence-electron chi connectivity index (χ1n) is 5.91. The van der Waals surface area contributed by atoms with E-state index in [9.17, 15) is 4.79 Å². The van der Waals surface area contributed by atoms with Crippen LogP contribution in [0, 0.1) is 35.5 Å². The summed E-state index contributed by atoms with van der Waals surface area (Å²) in [6.07, 6.45) is 11.3. The molecule has 4 saturated carbocycles. The second kappa shape index (κ2) is 2.09. The molecule has 15 heavy (non-hydrogen) atoms. The molecule has 0 saturated heterocycles. The second-order valence-corrected chi connectivity index (χ2v) is 5.81. The number of hydrogen-bond acceptors (Lipinski definition) is 2. The summed E-state index contributed by atoms with van der Waals surface area (Å²) in [4.78, 5) is 11.3. The van der Waals surface area contributed by atoms with E-state index in [0.717, 1.165) is 30.6 Å². The van der Waals surface area contributed by atoms with E-state index >= 15 is 0 Å². The zero-order valence-electron chi connectivity index (χ0n) is 8.66. The van der Waals surface area contributed by atoms with E-state index in [1.54, 1.807) is 0 Å². The normalized spacial score (nSPS) is 57.4. The Balaban J connectivity index is 1.71. The van der Waals surface area contributed by atoms with Crippen LogP contribution in [0.5, 0.6) is 0 Å². The summed E-state index contributed by atoms with van der Waals surface area (Å²) in [7, 11) is 0. The van der Waals surface area contributed by atoms with E-state index in [-0.39, 0.29) is 5.60 Å². The van der Waals surface area contributed by atoms with Gasteiger partial charge in [-0.05, 0) is 49.9 Å². The first-order chi connectivity index (χ1) is 7.22. The Morgan fingerprint density at radius 1 is 1.47 bits per heavy atom. The number of ether oxygens (including phenoxy) is 1. The molecule has 5 atom stereocenters. The van der Waals surface area contributed by atoms with Crippen molar-refractivity contribution < 1.29 is 9.53 Å². The van der Waals surface area contributed by atoms with Gasteiger partial charge in [-0.2, -0.15) is 0 Å². The SMILES string of the molecule is C#CC(=O)OC12CC3CCC14C(CC34)C2. The fraction of sp³-hybridized carbons (Fsp3) is 0.769. The van der Waals surface area contributed by atoms with Crippen molar-refractivity contribution in [3.63, 3.8) is 0 Å². The molecule has 4 aliphatic carbocycles. The second-order valence-electron chi connectivity index (χ2n) is 5.81. The van der Waals surface area contributed by atoms with Gasteiger partial charge >= 0.3 is 5.97 Å². The zero-order valence-corrected chi connectivity index (χ0v) is 8.66. The van der Waals surface area contributed by atoms with E-state index in [4.69, 9.17) is 11.2 Å². The van der Waals surface area contributed by atoms with Crippen LogP contribution in [0.2, 0.25) is 0 Å². The molecule has 4 aliphatic rings. The van der Waals surface area contributed by atoms with Crippen LogP contribution in [0.15, 0.2) is 0 Å². The molecule has 4 fully saturated rings. The van der Waals surface area contributed by atoms with Gasteiger partial charge in [0, 0.05) is 11.3 Å². The molecule has 5 unspecified atom stereocenters. The van der Waals surface area contributed by atoms with Crippen molar-refractivity contribution >= 4 is 5.97 Å². The van der Waals surface area contributed by atoms with Crippen LogP contribution in [-0.4, -0.2) is 11.6 Å². The first kappa shape index (κ1) is 8.21. The monoisotopic (exact) mass is 202 g/mol. The Labute approximate surface area is 89.4 Å². The Bertz CT molecular complexity index is 407. The average Bonchev–Trinajstić information content (AvgIpc) is 2.50. The zero-order chi connectivity index (χ0) is 10.3. The maximum Gasteiger partial charge on any atom is 0.384 e. The third-order valence-corrected chi connectivity index (χ3v) is 5.85. The van der Waals surface area contributed by atoms with Crippen LogP contribution in [-0.2, 0) is 9.53 Å². The number of hydrogen-bond donors (Lipinski definition) is 0. The highest BCUT2D eigenvalue weighted by Gasteiger charge is 2.83. The van der Waals surface area contributed by atoms with Crippen LogP contribution >= 0.6 is 0 Å². The molecular weight excluding hydrogens is 188 g/mol. The molecule has 2 bridgehead atoms. The molecule has 0 amide bonds. The average molecular weight is 202 g/mol. The lowest BCUT2D eigenvalue weighted by atomic mass is 9.39. The lowest BCUT2D eigenvalue weighted by Crippen LogP contribution is -2.69. The predicted molar refractivity (Wildman–Crippen MR) is 53.6 cm³/mol. The molecule has 78 valence electrons. The fourth-order valence-corrected chi connectivity index (χ4v) is 5.48. The van der Waals surface area contributed by atoms with Crippen molar-refractivity contribution in [2.75, 3.05) is 0 Å². The van der Waals surface area contributed by atoms with Gasteiger partial charge in [0.2, 0.25) is 0 Å². The molecule has 4 rings (SSSR count). The van der Waals surface area contributed by atoms with Crippen molar-refractivity contribution in [2.45, 2.75) is 37.7 Å². The molecule has 2 nitrogen and oxygen atoms in total. The van der Waals surface area contributed by atoms with Crippen molar-refractivity contribution in [3.05, 3.63) is 0 Å². The minimum absolute atomic E-state index is 0.118. The van der Waals surface area contributed by atoms with Gasteiger partial charge in [0.1, 0.15) is 5.60 Å². The van der Waals surface area contributed by atoms with Crippen molar-refractivity contribution in [3.8, 4) is 12.3 Å². The third kappa shape index (κ3) is 0.609. The Hall–Kier alpha value is -0.970. The van der Waals surface area contributed by atoms with Crippen LogP contribution in [0.1, 0.15) is 32.1 Å². The van der Waals surface area contributed by atoms with Gasteiger partial charge in [-0.25, -0.2) is 4.79 Å². The van der Waals surface area contributed by atoms with Crippen LogP contribution < -0.4 is 0 Å². The fourth-order valence-electron chi connectivity index (χ4n) is 5.48. The smallest absolute Gasteiger partial charge is 0.384 e. The number of carbonyl (C=O) groups is 1. The van der Waals surface area contributed by atoms with Crippen LogP contribution in [0.25, 0.3) is 0 Å². The van der Waals surface area contributed by atoms with Gasteiger partial charge < -0.3 is 4.74 Å². The number of terminal acetylenes is 1. The van der Waals surface area contributed by atoms with E-state index < -0.39 is 5.97 Å². The highest BCUT2D eigenvalue weighted by Crippen LogP contribution is 2.84. The first-order valence-corrected chi connectivity index (χ1v) is 5.91. The Morgan fingerprint density at radius 2 is 2.33 bits per heavy atom. The van der Waals surface area contributed by atoms with Gasteiger partial charge in [0.25, 0.3) is 0 Å². The summed E-state index contributed by atoms with van der Waals surface area (Å²) in [5.74, 6) is 4.19. The quantitative estimate of drug-likeness (QED) is 0.368. The van der Waals surface area contributed by atoms with Gasteiger partial charge in [-0.15, -0.1) is 6.42 Å². The molecule has 0 aromatic heterocycles. The van der Waals surface area contributed by atoms with Gasteiger partial charge in [0.05, 0.1) is 0 Å². The van der Waals surface area contributed by atoms with Crippen LogP contribution in [0.4, 0.5) is 0 Å². The summed E-state index contributed by atoms with van der Waals surface area (Å²) >= 11 is 0. The topological polar surface area (TPSA) is 26.3 Å². The molecule has 2 heteroatoms. The van der Waals surface area contributed by atoms with E-state index in [1.165, 1.54) is 19.3 Å². The van der Waals surface area contributed by atoms with E-state index in [2.05, 4.69) is 5.92 Å². The molecule has 0 heterocycles. The highest BCUT2D eigenvalue weighted by atomic mass is 16.6. The molecular formula is C13H14O2. The van der Waals surface area contributed by atoms with Crippen LogP contribution in [0.3, 0.4) is 0 Å². The summed E-state index contributed by atoms with van der Waals surface area (Å²) in [5.41, 5.74) is 0.275. The molecule has 0 aliphatic heterocycles. The summed E-state index contributed by atoms with van der Waals surface area (Å²) < 4.78 is 5.60. The molecule has 0 N–H and O–H groups in total. The number of rotatable bonds is 1. The van der Waals surface area contributed by atoms with Crippen molar-refractivity contribution in [2.24, 2.45) is 23.2 Å².